The smallest absolute Gasteiger partial charge is 0.240 e. The highest BCUT2D eigenvalue weighted by Gasteiger charge is 2.28. The van der Waals surface area contributed by atoms with Gasteiger partial charge in [0.2, 0.25) is 10.0 Å². The lowest BCUT2D eigenvalue weighted by Crippen LogP contribution is -2.44. The molecule has 2 atom stereocenters. The van der Waals surface area contributed by atoms with Gasteiger partial charge < -0.3 is 9.84 Å². The Bertz CT molecular complexity index is 541. The van der Waals surface area contributed by atoms with Crippen LogP contribution in [0.1, 0.15) is 39.0 Å². The first kappa shape index (κ1) is 16.3. The van der Waals surface area contributed by atoms with Gasteiger partial charge in [0.1, 0.15) is 5.75 Å². The van der Waals surface area contributed by atoms with E-state index in [1.807, 2.05) is 6.92 Å². The lowest BCUT2D eigenvalue weighted by atomic mass is 9.93. The van der Waals surface area contributed by atoms with Crippen molar-refractivity contribution in [2.24, 2.45) is 0 Å². The van der Waals surface area contributed by atoms with Gasteiger partial charge in [-0.1, -0.05) is 19.8 Å². The van der Waals surface area contributed by atoms with Gasteiger partial charge in [0.15, 0.2) is 0 Å². The Balaban J connectivity index is 2.04. The topological polar surface area (TPSA) is 75.6 Å². The van der Waals surface area contributed by atoms with Crippen LogP contribution in [-0.2, 0) is 10.0 Å². The molecule has 6 heteroatoms. The summed E-state index contributed by atoms with van der Waals surface area (Å²) in [6.07, 6.45) is 3.52. The van der Waals surface area contributed by atoms with Gasteiger partial charge in [-0.05, 0) is 43.5 Å². The van der Waals surface area contributed by atoms with E-state index in [0.29, 0.717) is 25.2 Å². The molecule has 1 aliphatic carbocycles. The Morgan fingerprint density at radius 1 is 1.24 bits per heavy atom. The second kappa shape index (κ2) is 7.24. The van der Waals surface area contributed by atoms with Crippen LogP contribution in [0.4, 0.5) is 0 Å². The lowest BCUT2D eigenvalue weighted by Gasteiger charge is -2.28. The van der Waals surface area contributed by atoms with Crippen LogP contribution in [0.15, 0.2) is 29.2 Å². The van der Waals surface area contributed by atoms with Crippen LogP contribution in [0.2, 0.25) is 0 Å². The molecule has 0 spiro atoms. The standard InChI is InChI=1S/C15H23NO4S/c1-2-11-20-12-7-9-13(10-8-12)21(18,19)16-14-5-3-4-6-15(14)17/h7-10,14-17H,2-6,11H2,1H3/t14-,15-/m0/s1. The van der Waals surface area contributed by atoms with E-state index >= 15 is 0 Å². The van der Waals surface area contributed by atoms with Crippen LogP contribution in [0.5, 0.6) is 5.75 Å². The number of rotatable bonds is 6. The monoisotopic (exact) mass is 313 g/mol. The summed E-state index contributed by atoms with van der Waals surface area (Å²) in [5.74, 6) is 0.661. The summed E-state index contributed by atoms with van der Waals surface area (Å²) >= 11 is 0. The summed E-state index contributed by atoms with van der Waals surface area (Å²) in [6.45, 7) is 2.62. The molecule has 0 bridgehead atoms. The van der Waals surface area contributed by atoms with Gasteiger partial charge in [-0.15, -0.1) is 0 Å². The van der Waals surface area contributed by atoms with Crippen LogP contribution in [0.25, 0.3) is 0 Å². The highest BCUT2D eigenvalue weighted by molar-refractivity contribution is 7.89. The normalized spacial score (nSPS) is 23.0. The Morgan fingerprint density at radius 3 is 2.52 bits per heavy atom. The SMILES string of the molecule is CCCOc1ccc(S(=O)(=O)N[C@H]2CCCC[C@@H]2O)cc1. The number of sulfonamides is 1. The van der Waals surface area contributed by atoms with Crippen LogP contribution >= 0.6 is 0 Å². The third kappa shape index (κ3) is 4.43. The molecular formula is C15H23NO4S. The summed E-state index contributed by atoms with van der Waals surface area (Å²) in [5, 5.41) is 9.87. The average molecular weight is 313 g/mol. The predicted molar refractivity (Wildman–Crippen MR) is 80.8 cm³/mol. The van der Waals surface area contributed by atoms with E-state index in [-0.39, 0.29) is 10.9 Å². The second-order valence-electron chi connectivity index (χ2n) is 5.40. The molecule has 118 valence electrons. The number of aliphatic hydroxyl groups excluding tert-OH is 1. The maximum atomic E-state index is 12.3. The molecule has 2 rings (SSSR count). The highest BCUT2D eigenvalue weighted by atomic mass is 32.2. The van der Waals surface area contributed by atoms with Gasteiger partial charge in [0.25, 0.3) is 0 Å². The number of ether oxygens (including phenoxy) is 1. The van der Waals surface area contributed by atoms with Gasteiger partial charge in [0, 0.05) is 6.04 Å². The van der Waals surface area contributed by atoms with Crippen molar-refractivity contribution in [1.82, 2.24) is 4.72 Å². The molecule has 21 heavy (non-hydrogen) atoms. The first-order chi connectivity index (χ1) is 10.0. The van der Waals surface area contributed by atoms with Gasteiger partial charge >= 0.3 is 0 Å². The van der Waals surface area contributed by atoms with Crippen molar-refractivity contribution in [3.8, 4) is 5.75 Å². The van der Waals surface area contributed by atoms with E-state index in [0.717, 1.165) is 19.3 Å². The van der Waals surface area contributed by atoms with Gasteiger partial charge in [-0.2, -0.15) is 0 Å². The minimum atomic E-state index is -3.60. The van der Waals surface area contributed by atoms with Crippen LogP contribution in [-0.4, -0.2) is 32.3 Å². The Hall–Kier alpha value is -1.11. The molecule has 1 fully saturated rings. The zero-order valence-corrected chi connectivity index (χ0v) is 13.1. The van der Waals surface area contributed by atoms with E-state index in [2.05, 4.69) is 4.72 Å². The Kier molecular flexibility index (Phi) is 5.61. The zero-order chi connectivity index (χ0) is 15.3. The first-order valence-electron chi connectivity index (χ1n) is 7.46. The van der Waals surface area contributed by atoms with Gasteiger partial charge in [-0.3, -0.25) is 0 Å². The van der Waals surface area contributed by atoms with E-state index in [1.165, 1.54) is 12.1 Å². The third-order valence-electron chi connectivity index (χ3n) is 3.64. The number of hydrogen-bond acceptors (Lipinski definition) is 4. The molecule has 0 amide bonds. The van der Waals surface area contributed by atoms with Crippen molar-refractivity contribution in [3.63, 3.8) is 0 Å². The molecule has 1 aliphatic rings. The van der Waals surface area contributed by atoms with Crippen LogP contribution < -0.4 is 9.46 Å². The number of aliphatic hydroxyl groups is 1. The van der Waals surface area contributed by atoms with Crippen molar-refractivity contribution < 1.29 is 18.3 Å². The van der Waals surface area contributed by atoms with Crippen LogP contribution in [0.3, 0.4) is 0 Å². The lowest BCUT2D eigenvalue weighted by molar-refractivity contribution is 0.101. The van der Waals surface area contributed by atoms with E-state index < -0.39 is 16.1 Å². The fraction of sp³-hybridized carbons (Fsp3) is 0.600. The van der Waals surface area contributed by atoms with Gasteiger partial charge in [-0.25, -0.2) is 13.1 Å². The maximum Gasteiger partial charge on any atom is 0.240 e. The van der Waals surface area contributed by atoms with Crippen molar-refractivity contribution in [2.75, 3.05) is 6.61 Å². The molecule has 5 nitrogen and oxygen atoms in total. The highest BCUT2D eigenvalue weighted by Crippen LogP contribution is 2.21. The summed E-state index contributed by atoms with van der Waals surface area (Å²) in [6, 6.07) is 5.98. The summed E-state index contributed by atoms with van der Waals surface area (Å²) in [5.41, 5.74) is 0. The molecule has 0 unspecified atom stereocenters. The Labute approximate surface area is 126 Å². The maximum absolute atomic E-state index is 12.3. The Morgan fingerprint density at radius 2 is 1.90 bits per heavy atom. The van der Waals surface area contributed by atoms with Crippen molar-refractivity contribution in [3.05, 3.63) is 24.3 Å². The molecule has 0 radical (unpaired) electrons. The summed E-state index contributed by atoms with van der Waals surface area (Å²) in [4.78, 5) is 0.198. The number of benzene rings is 1. The minimum Gasteiger partial charge on any atom is -0.494 e. The number of hydrogen-bond donors (Lipinski definition) is 2. The second-order valence-corrected chi connectivity index (χ2v) is 7.11. The van der Waals surface area contributed by atoms with Gasteiger partial charge in [0.05, 0.1) is 17.6 Å². The molecule has 1 saturated carbocycles. The largest absolute Gasteiger partial charge is 0.494 e. The molecule has 1 aromatic carbocycles. The van der Waals surface area contributed by atoms with E-state index in [9.17, 15) is 13.5 Å². The fourth-order valence-electron chi connectivity index (χ4n) is 2.45. The molecule has 0 heterocycles. The summed E-state index contributed by atoms with van der Waals surface area (Å²) < 4.78 is 32.7. The van der Waals surface area contributed by atoms with E-state index in [4.69, 9.17) is 4.74 Å². The molecule has 2 N–H and O–H groups in total. The summed E-state index contributed by atoms with van der Waals surface area (Å²) in [7, 11) is -3.60. The van der Waals surface area contributed by atoms with Crippen molar-refractivity contribution in [1.29, 1.82) is 0 Å². The minimum absolute atomic E-state index is 0.198. The molecular weight excluding hydrogens is 290 g/mol. The zero-order valence-electron chi connectivity index (χ0n) is 12.3. The predicted octanol–water partition coefficient (Wildman–Crippen LogP) is 2.06. The molecule has 0 aromatic heterocycles. The quantitative estimate of drug-likeness (QED) is 0.843. The third-order valence-corrected chi connectivity index (χ3v) is 5.15. The van der Waals surface area contributed by atoms with E-state index in [1.54, 1.807) is 12.1 Å². The molecule has 0 aliphatic heterocycles. The average Bonchev–Trinajstić information content (AvgIpc) is 2.48. The van der Waals surface area contributed by atoms with Crippen molar-refractivity contribution in [2.45, 2.75) is 56.1 Å². The van der Waals surface area contributed by atoms with Crippen molar-refractivity contribution >= 4 is 10.0 Å². The molecule has 1 aromatic rings. The number of nitrogens with one attached hydrogen (secondary N) is 1. The molecule has 0 saturated heterocycles. The first-order valence-corrected chi connectivity index (χ1v) is 8.94. The van der Waals surface area contributed by atoms with Crippen LogP contribution in [0, 0.1) is 0 Å². The fourth-order valence-corrected chi connectivity index (χ4v) is 3.75.